The molecule has 33 heavy (non-hydrogen) atoms. The molecule has 0 aromatic heterocycles. The SMILES string of the molecule is COc1ccc(C(=O)N(C)C)cc1NC(=O)CCc1ccc(S(=O)(=O)N2CCOCC2)cc1. The van der Waals surface area contributed by atoms with Crippen LogP contribution in [0.15, 0.2) is 47.4 Å². The number of amides is 2. The van der Waals surface area contributed by atoms with Crippen molar-refractivity contribution in [2.45, 2.75) is 17.7 Å². The first kappa shape index (κ1) is 24.7. The number of nitrogens with one attached hydrogen (secondary N) is 1. The molecule has 1 aliphatic heterocycles. The van der Waals surface area contributed by atoms with Crippen molar-refractivity contribution in [3.63, 3.8) is 0 Å². The lowest BCUT2D eigenvalue weighted by atomic mass is 10.1. The van der Waals surface area contributed by atoms with E-state index in [1.807, 2.05) is 0 Å². The van der Waals surface area contributed by atoms with Gasteiger partial charge in [-0.1, -0.05) is 12.1 Å². The predicted octanol–water partition coefficient (Wildman–Crippen LogP) is 1.99. The van der Waals surface area contributed by atoms with E-state index in [2.05, 4.69) is 5.32 Å². The molecule has 1 aliphatic rings. The molecule has 2 aromatic carbocycles. The number of rotatable bonds is 8. The summed E-state index contributed by atoms with van der Waals surface area (Å²) in [5.41, 5.74) is 1.70. The maximum absolute atomic E-state index is 12.7. The summed E-state index contributed by atoms with van der Waals surface area (Å²) in [7, 11) is 1.25. The quantitative estimate of drug-likeness (QED) is 0.626. The van der Waals surface area contributed by atoms with Crippen molar-refractivity contribution in [2.75, 3.05) is 52.8 Å². The molecule has 0 bridgehead atoms. The molecule has 3 rings (SSSR count). The third-order valence-corrected chi connectivity index (χ3v) is 7.21. The smallest absolute Gasteiger partial charge is 0.253 e. The second-order valence-electron chi connectivity index (χ2n) is 7.82. The Labute approximate surface area is 194 Å². The highest BCUT2D eigenvalue weighted by molar-refractivity contribution is 7.89. The van der Waals surface area contributed by atoms with E-state index in [-0.39, 0.29) is 23.1 Å². The van der Waals surface area contributed by atoms with E-state index in [0.29, 0.717) is 49.7 Å². The van der Waals surface area contributed by atoms with Crippen LogP contribution in [0, 0.1) is 0 Å². The topological polar surface area (TPSA) is 105 Å². The van der Waals surface area contributed by atoms with Crippen LogP contribution in [0.5, 0.6) is 5.75 Å². The molecule has 0 atom stereocenters. The zero-order valence-corrected chi connectivity index (χ0v) is 19.9. The number of ether oxygens (including phenoxy) is 2. The molecule has 2 amide bonds. The van der Waals surface area contributed by atoms with Crippen LogP contribution < -0.4 is 10.1 Å². The molecular formula is C23H29N3O6S. The predicted molar refractivity (Wildman–Crippen MR) is 124 cm³/mol. The molecule has 1 heterocycles. The Morgan fingerprint density at radius 2 is 1.76 bits per heavy atom. The van der Waals surface area contributed by atoms with Crippen molar-refractivity contribution in [3.8, 4) is 5.75 Å². The van der Waals surface area contributed by atoms with Crippen molar-refractivity contribution in [1.29, 1.82) is 0 Å². The van der Waals surface area contributed by atoms with Gasteiger partial charge in [0.15, 0.2) is 0 Å². The van der Waals surface area contributed by atoms with Gasteiger partial charge in [0.05, 0.1) is 30.9 Å². The maximum Gasteiger partial charge on any atom is 0.253 e. The van der Waals surface area contributed by atoms with E-state index < -0.39 is 10.0 Å². The van der Waals surface area contributed by atoms with Gasteiger partial charge in [-0.15, -0.1) is 0 Å². The minimum atomic E-state index is -3.55. The molecule has 9 nitrogen and oxygen atoms in total. The maximum atomic E-state index is 12.7. The summed E-state index contributed by atoms with van der Waals surface area (Å²) in [5, 5.41) is 2.80. The van der Waals surface area contributed by atoms with Crippen LogP contribution in [0.3, 0.4) is 0 Å². The van der Waals surface area contributed by atoms with Crippen molar-refractivity contribution < 1.29 is 27.5 Å². The van der Waals surface area contributed by atoms with Gasteiger partial charge in [-0.3, -0.25) is 9.59 Å². The van der Waals surface area contributed by atoms with Gasteiger partial charge in [0.1, 0.15) is 5.75 Å². The van der Waals surface area contributed by atoms with Crippen LogP contribution >= 0.6 is 0 Å². The molecule has 1 fully saturated rings. The molecule has 10 heteroatoms. The molecular weight excluding hydrogens is 446 g/mol. The van der Waals surface area contributed by atoms with E-state index in [9.17, 15) is 18.0 Å². The van der Waals surface area contributed by atoms with Crippen LogP contribution in [-0.2, 0) is 26.0 Å². The Bertz CT molecular complexity index is 1090. The fourth-order valence-corrected chi connectivity index (χ4v) is 4.84. The van der Waals surface area contributed by atoms with E-state index in [4.69, 9.17) is 9.47 Å². The second-order valence-corrected chi connectivity index (χ2v) is 9.76. The highest BCUT2D eigenvalue weighted by atomic mass is 32.2. The standard InChI is InChI=1S/C23H29N3O6S/c1-25(2)23(28)18-7-10-21(31-3)20(16-18)24-22(27)11-6-17-4-8-19(9-5-17)33(29,30)26-12-14-32-15-13-26/h4-5,7-10,16H,6,11-15H2,1-3H3,(H,24,27). The summed E-state index contributed by atoms with van der Waals surface area (Å²) in [6, 6.07) is 11.4. The summed E-state index contributed by atoms with van der Waals surface area (Å²) in [4.78, 5) is 26.4. The zero-order valence-electron chi connectivity index (χ0n) is 19.0. The molecule has 178 valence electrons. The third-order valence-electron chi connectivity index (χ3n) is 5.30. The number of carbonyl (C=O) groups is 2. The normalized spacial score (nSPS) is 14.5. The molecule has 0 radical (unpaired) electrons. The lowest BCUT2D eigenvalue weighted by Crippen LogP contribution is -2.40. The lowest BCUT2D eigenvalue weighted by molar-refractivity contribution is -0.116. The van der Waals surface area contributed by atoms with Gasteiger partial charge in [0.25, 0.3) is 5.91 Å². The summed E-state index contributed by atoms with van der Waals surface area (Å²) in [6.07, 6.45) is 0.618. The van der Waals surface area contributed by atoms with Crippen LogP contribution in [0.25, 0.3) is 0 Å². The number of methoxy groups -OCH3 is 1. The average Bonchev–Trinajstić information content (AvgIpc) is 2.83. The molecule has 0 aliphatic carbocycles. The minimum Gasteiger partial charge on any atom is -0.495 e. The molecule has 1 saturated heterocycles. The highest BCUT2D eigenvalue weighted by Gasteiger charge is 2.26. The van der Waals surface area contributed by atoms with Crippen LogP contribution in [0.1, 0.15) is 22.3 Å². The number of hydrogen-bond acceptors (Lipinski definition) is 6. The Balaban J connectivity index is 1.62. The van der Waals surface area contributed by atoms with Crippen LogP contribution in [0.2, 0.25) is 0 Å². The van der Waals surface area contributed by atoms with Gasteiger partial charge in [-0.05, 0) is 42.3 Å². The van der Waals surface area contributed by atoms with E-state index >= 15 is 0 Å². The molecule has 1 N–H and O–H groups in total. The zero-order chi connectivity index (χ0) is 24.0. The summed E-state index contributed by atoms with van der Waals surface area (Å²) in [6.45, 7) is 1.47. The van der Waals surface area contributed by atoms with Crippen LogP contribution in [0.4, 0.5) is 5.69 Å². The van der Waals surface area contributed by atoms with E-state index in [0.717, 1.165) is 5.56 Å². The Kier molecular flexibility index (Phi) is 8.06. The van der Waals surface area contributed by atoms with Gasteiger partial charge in [-0.2, -0.15) is 4.31 Å². The second kappa shape index (κ2) is 10.8. The Morgan fingerprint density at radius 3 is 2.36 bits per heavy atom. The lowest BCUT2D eigenvalue weighted by Gasteiger charge is -2.26. The van der Waals surface area contributed by atoms with E-state index in [1.54, 1.807) is 56.6 Å². The fraction of sp³-hybridized carbons (Fsp3) is 0.391. The van der Waals surface area contributed by atoms with Crippen molar-refractivity contribution in [1.82, 2.24) is 9.21 Å². The number of benzene rings is 2. The van der Waals surface area contributed by atoms with Gasteiger partial charge in [-0.25, -0.2) is 8.42 Å². The van der Waals surface area contributed by atoms with Gasteiger partial charge >= 0.3 is 0 Å². The van der Waals surface area contributed by atoms with Crippen molar-refractivity contribution in [2.24, 2.45) is 0 Å². The number of carbonyl (C=O) groups excluding carboxylic acids is 2. The summed E-state index contributed by atoms with van der Waals surface area (Å²) >= 11 is 0. The first-order valence-corrected chi connectivity index (χ1v) is 12.0. The largest absolute Gasteiger partial charge is 0.495 e. The number of morpholine rings is 1. The van der Waals surface area contributed by atoms with Crippen LogP contribution in [-0.4, -0.2) is 76.9 Å². The Morgan fingerprint density at radius 1 is 1.09 bits per heavy atom. The number of anilines is 1. The van der Waals surface area contributed by atoms with Gasteiger partial charge in [0, 0.05) is 39.2 Å². The first-order chi connectivity index (χ1) is 15.7. The minimum absolute atomic E-state index is 0.180. The fourth-order valence-electron chi connectivity index (χ4n) is 3.43. The third kappa shape index (κ3) is 6.10. The molecule has 0 saturated carbocycles. The number of aryl methyl sites for hydroxylation is 1. The molecule has 2 aromatic rings. The van der Waals surface area contributed by atoms with Gasteiger partial charge in [0.2, 0.25) is 15.9 Å². The first-order valence-electron chi connectivity index (χ1n) is 10.6. The summed E-state index contributed by atoms with van der Waals surface area (Å²) < 4.78 is 37.4. The molecule has 0 spiro atoms. The highest BCUT2D eigenvalue weighted by Crippen LogP contribution is 2.26. The van der Waals surface area contributed by atoms with E-state index in [1.165, 1.54) is 16.3 Å². The number of hydrogen-bond donors (Lipinski definition) is 1. The monoisotopic (exact) mass is 475 g/mol. The Hall–Kier alpha value is -2.95. The van der Waals surface area contributed by atoms with Crippen molar-refractivity contribution in [3.05, 3.63) is 53.6 Å². The summed E-state index contributed by atoms with van der Waals surface area (Å²) in [5.74, 6) is 0.0318. The number of sulfonamides is 1. The number of nitrogens with zero attached hydrogens (tertiary/aromatic N) is 2. The van der Waals surface area contributed by atoms with Gasteiger partial charge < -0.3 is 19.7 Å². The van der Waals surface area contributed by atoms with Crippen molar-refractivity contribution >= 4 is 27.5 Å². The molecule has 0 unspecified atom stereocenters. The average molecular weight is 476 g/mol.